The molecule has 1 aliphatic rings. The zero-order chi connectivity index (χ0) is 24.8. The Bertz CT molecular complexity index is 818. The molecule has 0 saturated heterocycles. The van der Waals surface area contributed by atoms with Crippen molar-refractivity contribution in [1.29, 1.82) is 0 Å². The van der Waals surface area contributed by atoms with Gasteiger partial charge in [0.25, 0.3) is 0 Å². The SMILES string of the molecule is C[Si](C)(C)[C](c1ccccn1)([Sb]([Cl])[C](C1C=CC=CN1)([Si](C)(C)C)[Si](C)(C)C)[Si](C)(C)C. The van der Waals surface area contributed by atoms with Crippen LogP contribution in [0.5, 0.6) is 0 Å². The van der Waals surface area contributed by atoms with E-state index in [1.165, 1.54) is 5.69 Å². The second kappa shape index (κ2) is 9.46. The zero-order valence-corrected chi connectivity index (χ0v) is 29.8. The predicted molar refractivity (Wildman–Crippen MR) is 159 cm³/mol. The van der Waals surface area contributed by atoms with Crippen LogP contribution in [0.2, 0.25) is 81.2 Å². The zero-order valence-electron chi connectivity index (χ0n) is 22.5. The van der Waals surface area contributed by atoms with E-state index in [-0.39, 0.29) is 5.22 Å². The van der Waals surface area contributed by atoms with Crippen molar-refractivity contribution in [3.05, 3.63) is 54.5 Å². The Morgan fingerprint density at radius 3 is 1.69 bits per heavy atom. The molecule has 1 aromatic heterocycles. The van der Waals surface area contributed by atoms with E-state index >= 15 is 0 Å². The van der Waals surface area contributed by atoms with Gasteiger partial charge in [0, 0.05) is 0 Å². The summed E-state index contributed by atoms with van der Waals surface area (Å²) < 4.78 is 0.326. The molecular weight excluding hydrogens is 586 g/mol. The minimum absolute atomic E-state index is 0.114. The van der Waals surface area contributed by atoms with E-state index in [9.17, 15) is 0 Å². The first-order valence-corrected chi connectivity index (χ1v) is 31.6. The average molecular weight is 632 g/mol. The molecule has 2 nitrogen and oxygen atoms in total. The molecule has 32 heavy (non-hydrogen) atoms. The third kappa shape index (κ3) is 4.50. The summed E-state index contributed by atoms with van der Waals surface area (Å²) in [4.78, 5) is 5.14. The van der Waals surface area contributed by atoms with Crippen molar-refractivity contribution in [1.82, 2.24) is 10.3 Å². The molecule has 0 amide bonds. The van der Waals surface area contributed by atoms with Crippen molar-refractivity contribution in [3.63, 3.8) is 0 Å². The van der Waals surface area contributed by atoms with Gasteiger partial charge in [-0.15, -0.1) is 0 Å². The van der Waals surface area contributed by atoms with Crippen LogP contribution in [0.25, 0.3) is 0 Å². The fourth-order valence-corrected chi connectivity index (χ4v) is 84.4. The number of hydrogen-bond acceptors (Lipinski definition) is 2. The molecule has 0 aliphatic carbocycles. The first-order valence-electron chi connectivity index (χ1n) is 11.8. The molecule has 1 unspecified atom stereocenters. The molecule has 8 heteroatoms. The predicted octanol–water partition coefficient (Wildman–Crippen LogP) is 7.38. The van der Waals surface area contributed by atoms with Gasteiger partial charge in [-0.25, -0.2) is 0 Å². The Hall–Kier alpha value is 0.406. The van der Waals surface area contributed by atoms with E-state index in [2.05, 4.69) is 127 Å². The summed E-state index contributed by atoms with van der Waals surface area (Å²) >= 11 is -2.64. The third-order valence-corrected chi connectivity index (χ3v) is 67.5. The first-order chi connectivity index (χ1) is 14.4. The number of aromatic nitrogens is 1. The van der Waals surface area contributed by atoms with Crippen LogP contribution in [0.3, 0.4) is 0 Å². The van der Waals surface area contributed by atoms with E-state index < -0.39 is 51.4 Å². The standard InChI is InChI=1S/C12H24NSi2.C12H22NSi2.ClH.Sb/c2*1-14(2,3)12(15(4,5)6)11-9-7-8-10-13-11;;/h7-11,13H,1-6H3;7-10H,1-6H3;1H;/q;;;+1/p-1. The molecular formula is C24H46ClN2SbSi4. The molecule has 0 radical (unpaired) electrons. The van der Waals surface area contributed by atoms with E-state index in [0.29, 0.717) is 6.04 Å². The molecule has 0 fully saturated rings. The third-order valence-electron chi connectivity index (χ3n) is 7.33. The van der Waals surface area contributed by atoms with Gasteiger partial charge < -0.3 is 0 Å². The van der Waals surface area contributed by atoms with Gasteiger partial charge in [-0.1, -0.05) is 0 Å². The number of dihydropyridines is 1. The van der Waals surface area contributed by atoms with Crippen LogP contribution in [0.1, 0.15) is 5.69 Å². The summed E-state index contributed by atoms with van der Waals surface area (Å²) in [6, 6.07) is 6.94. The summed E-state index contributed by atoms with van der Waals surface area (Å²) in [5, 5.41) is 3.85. The Labute approximate surface area is 213 Å². The van der Waals surface area contributed by atoms with Crippen LogP contribution in [0, 0.1) is 0 Å². The number of nitrogens with zero attached hydrogens (tertiary/aromatic N) is 1. The van der Waals surface area contributed by atoms with Crippen molar-refractivity contribution in [3.8, 4) is 0 Å². The van der Waals surface area contributed by atoms with Gasteiger partial charge in [-0.3, -0.25) is 0 Å². The topological polar surface area (TPSA) is 24.9 Å². The Kier molecular flexibility index (Phi) is 8.47. The van der Waals surface area contributed by atoms with E-state index in [1.807, 2.05) is 6.20 Å². The van der Waals surface area contributed by atoms with Crippen molar-refractivity contribution >= 4 is 60.2 Å². The molecule has 0 saturated carbocycles. The normalized spacial score (nSPS) is 18.8. The average Bonchev–Trinajstić information content (AvgIpc) is 2.59. The van der Waals surface area contributed by atoms with Gasteiger partial charge in [0.05, 0.1) is 0 Å². The summed E-state index contributed by atoms with van der Waals surface area (Å²) in [7, 11) is 1.36. The molecule has 2 rings (SSSR count). The van der Waals surface area contributed by atoms with Gasteiger partial charge in [0.15, 0.2) is 0 Å². The van der Waals surface area contributed by atoms with Gasteiger partial charge in [-0.05, 0) is 0 Å². The van der Waals surface area contributed by atoms with Crippen molar-refractivity contribution in [2.75, 3.05) is 0 Å². The fraction of sp³-hybridized carbons (Fsp3) is 0.625. The molecule has 0 bridgehead atoms. The maximum atomic E-state index is 8.42. The summed E-state index contributed by atoms with van der Waals surface area (Å²) in [5.74, 6) is 0. The molecule has 0 spiro atoms. The molecule has 180 valence electrons. The van der Waals surface area contributed by atoms with Crippen LogP contribution >= 0.6 is 8.83 Å². The van der Waals surface area contributed by atoms with Gasteiger partial charge in [0.1, 0.15) is 0 Å². The maximum absolute atomic E-state index is 8.42. The quantitative estimate of drug-likeness (QED) is 0.303. The Balaban J connectivity index is 3.08. The molecule has 0 aromatic carbocycles. The van der Waals surface area contributed by atoms with Gasteiger partial charge in [-0.2, -0.15) is 0 Å². The summed E-state index contributed by atoms with van der Waals surface area (Å²) in [6.07, 6.45) is 11.0. The first kappa shape index (κ1) is 28.6. The van der Waals surface area contributed by atoms with E-state index in [0.717, 1.165) is 0 Å². The van der Waals surface area contributed by atoms with Crippen molar-refractivity contribution in [2.45, 2.75) is 89.8 Å². The van der Waals surface area contributed by atoms with Crippen LogP contribution in [-0.2, 0) is 2.61 Å². The van der Waals surface area contributed by atoms with Gasteiger partial charge >= 0.3 is 215 Å². The Morgan fingerprint density at radius 1 is 0.812 bits per heavy atom. The Morgan fingerprint density at radius 2 is 1.34 bits per heavy atom. The molecule has 2 heterocycles. The molecule has 1 aliphatic heterocycles. The monoisotopic (exact) mass is 630 g/mol. The summed E-state index contributed by atoms with van der Waals surface area (Å²) in [5.41, 5.74) is 1.33. The van der Waals surface area contributed by atoms with Crippen LogP contribution in [0.4, 0.5) is 0 Å². The molecule has 1 aromatic rings. The summed E-state index contributed by atoms with van der Waals surface area (Å²) in [6.45, 7) is 31.2. The number of pyridine rings is 1. The number of halogens is 1. The van der Waals surface area contributed by atoms with Crippen LogP contribution < -0.4 is 5.32 Å². The van der Waals surface area contributed by atoms with Gasteiger partial charge in [0.2, 0.25) is 0 Å². The van der Waals surface area contributed by atoms with Crippen molar-refractivity contribution < 1.29 is 0 Å². The van der Waals surface area contributed by atoms with Crippen molar-refractivity contribution in [2.24, 2.45) is 0 Å². The van der Waals surface area contributed by atoms with E-state index in [1.54, 1.807) is 0 Å². The number of rotatable bonds is 8. The number of hydrogen-bond donors (Lipinski definition) is 1. The minimum atomic E-state index is -2.64. The second-order valence-electron chi connectivity index (χ2n) is 13.4. The molecule has 1 atom stereocenters. The number of nitrogens with one attached hydrogen (secondary N) is 1. The number of allylic oxidation sites excluding steroid dienone is 2. The fourth-order valence-electron chi connectivity index (χ4n) is 6.90. The van der Waals surface area contributed by atoms with Crippen LogP contribution in [0.15, 0.2) is 48.8 Å². The molecule has 1 N–H and O–H groups in total. The van der Waals surface area contributed by atoms with Crippen LogP contribution in [-0.4, -0.2) is 62.4 Å². The van der Waals surface area contributed by atoms with E-state index in [4.69, 9.17) is 13.8 Å². The second-order valence-corrected chi connectivity index (χ2v) is 48.2.